The van der Waals surface area contributed by atoms with E-state index >= 15 is 0 Å². The van der Waals surface area contributed by atoms with Crippen LogP contribution in [0.3, 0.4) is 0 Å². The Labute approximate surface area is 194 Å². The topological polar surface area (TPSA) is 84.0 Å². The molecule has 2 N–H and O–H groups in total. The maximum Gasteiger partial charge on any atom is 0.416 e. The van der Waals surface area contributed by atoms with Gasteiger partial charge in [-0.1, -0.05) is 65.0 Å². The van der Waals surface area contributed by atoms with Crippen molar-refractivity contribution >= 4 is 57.3 Å². The van der Waals surface area contributed by atoms with E-state index in [1.54, 1.807) is 0 Å². The molecule has 0 aliphatic carbocycles. The zero-order chi connectivity index (χ0) is 23.1. The first-order valence-corrected chi connectivity index (χ1v) is 11.4. The lowest BCUT2D eigenvalue weighted by atomic mass is 10.1. The molecule has 0 saturated carbocycles. The molecular formula is C20H16ClF3N4O2S2. The average molecular weight is 501 g/mol. The summed E-state index contributed by atoms with van der Waals surface area (Å²) in [6, 6.07) is 12.3. The number of halogens is 4. The Kier molecular flexibility index (Phi) is 8.10. The number of aryl methyl sites for hydroxylation is 1. The molecule has 0 spiro atoms. The number of alkyl halides is 3. The molecule has 0 saturated heterocycles. The van der Waals surface area contributed by atoms with E-state index in [2.05, 4.69) is 20.8 Å². The van der Waals surface area contributed by atoms with E-state index in [0.29, 0.717) is 15.9 Å². The summed E-state index contributed by atoms with van der Waals surface area (Å²) in [7, 11) is 0. The summed E-state index contributed by atoms with van der Waals surface area (Å²) in [6.07, 6.45) is -3.68. The molecule has 32 heavy (non-hydrogen) atoms. The SMILES string of the molecule is O=C(CCc1ccccc1)Nc1nnc(SCC(=O)Nc2cc(C(F)(F)F)ccc2Cl)s1. The Morgan fingerprint density at radius 1 is 1.03 bits per heavy atom. The number of hydrogen-bond donors (Lipinski definition) is 2. The Hall–Kier alpha value is -2.63. The van der Waals surface area contributed by atoms with Gasteiger partial charge in [0.05, 0.1) is 22.0 Å². The first kappa shape index (κ1) is 24.0. The number of hydrogen-bond acceptors (Lipinski definition) is 6. The number of rotatable bonds is 8. The second-order valence-corrected chi connectivity index (χ2v) is 9.04. The van der Waals surface area contributed by atoms with Crippen molar-refractivity contribution in [2.45, 2.75) is 23.4 Å². The largest absolute Gasteiger partial charge is 0.416 e. The highest BCUT2D eigenvalue weighted by molar-refractivity contribution is 8.01. The molecule has 2 aromatic carbocycles. The third kappa shape index (κ3) is 7.21. The van der Waals surface area contributed by atoms with Gasteiger partial charge in [0.15, 0.2) is 4.34 Å². The molecule has 2 amide bonds. The molecule has 0 atom stereocenters. The number of carbonyl (C=O) groups is 2. The number of amides is 2. The molecule has 3 aromatic rings. The van der Waals surface area contributed by atoms with Crippen molar-refractivity contribution in [2.75, 3.05) is 16.4 Å². The van der Waals surface area contributed by atoms with Crippen LogP contribution in [-0.4, -0.2) is 27.8 Å². The maximum atomic E-state index is 12.8. The minimum Gasteiger partial charge on any atom is -0.324 e. The van der Waals surface area contributed by atoms with Crippen LogP contribution in [0.2, 0.25) is 5.02 Å². The molecule has 0 radical (unpaired) electrons. The predicted molar refractivity (Wildman–Crippen MR) is 119 cm³/mol. The lowest BCUT2D eigenvalue weighted by molar-refractivity contribution is -0.137. The van der Waals surface area contributed by atoms with Gasteiger partial charge < -0.3 is 10.6 Å². The van der Waals surface area contributed by atoms with Crippen molar-refractivity contribution in [1.82, 2.24) is 10.2 Å². The van der Waals surface area contributed by atoms with Gasteiger partial charge in [0.25, 0.3) is 0 Å². The van der Waals surface area contributed by atoms with E-state index < -0.39 is 17.6 Å². The zero-order valence-electron chi connectivity index (χ0n) is 16.3. The molecule has 0 unspecified atom stereocenters. The van der Waals surface area contributed by atoms with E-state index in [1.807, 2.05) is 30.3 Å². The van der Waals surface area contributed by atoms with Gasteiger partial charge in [0, 0.05) is 6.42 Å². The molecular weight excluding hydrogens is 485 g/mol. The molecule has 0 fully saturated rings. The van der Waals surface area contributed by atoms with E-state index in [9.17, 15) is 22.8 Å². The molecule has 0 aliphatic heterocycles. The van der Waals surface area contributed by atoms with Crippen LogP contribution in [0.25, 0.3) is 0 Å². The quantitative estimate of drug-likeness (QED) is 0.314. The second-order valence-electron chi connectivity index (χ2n) is 6.44. The minimum atomic E-state index is -4.55. The smallest absolute Gasteiger partial charge is 0.324 e. The van der Waals surface area contributed by atoms with Crippen molar-refractivity contribution in [3.63, 3.8) is 0 Å². The van der Waals surface area contributed by atoms with Crippen molar-refractivity contribution in [3.8, 4) is 0 Å². The summed E-state index contributed by atoms with van der Waals surface area (Å²) in [5.74, 6) is -0.887. The minimum absolute atomic E-state index is 0.00670. The number of thioether (sulfide) groups is 1. The van der Waals surface area contributed by atoms with Crippen LogP contribution in [-0.2, 0) is 22.2 Å². The van der Waals surface area contributed by atoms with Gasteiger partial charge in [-0.05, 0) is 30.2 Å². The summed E-state index contributed by atoms with van der Waals surface area (Å²) in [5.41, 5.74) is 0.000364. The van der Waals surface area contributed by atoms with E-state index in [1.165, 1.54) is 0 Å². The van der Waals surface area contributed by atoms with Crippen LogP contribution in [0.5, 0.6) is 0 Å². The molecule has 0 bridgehead atoms. The van der Waals surface area contributed by atoms with Crippen molar-refractivity contribution in [3.05, 3.63) is 64.7 Å². The van der Waals surface area contributed by atoms with Gasteiger partial charge in [-0.3, -0.25) is 9.59 Å². The summed E-state index contributed by atoms with van der Waals surface area (Å²) in [6.45, 7) is 0. The summed E-state index contributed by atoms with van der Waals surface area (Å²) in [4.78, 5) is 24.2. The number of nitrogens with one attached hydrogen (secondary N) is 2. The monoisotopic (exact) mass is 500 g/mol. The first-order chi connectivity index (χ1) is 15.2. The number of nitrogens with zero attached hydrogens (tertiary/aromatic N) is 2. The fourth-order valence-corrected chi connectivity index (χ4v) is 4.25. The highest BCUT2D eigenvalue weighted by atomic mass is 35.5. The lowest BCUT2D eigenvalue weighted by Crippen LogP contribution is -2.15. The summed E-state index contributed by atoms with van der Waals surface area (Å²) < 4.78 is 38.9. The number of anilines is 2. The normalized spacial score (nSPS) is 11.2. The molecule has 1 aromatic heterocycles. The summed E-state index contributed by atoms with van der Waals surface area (Å²) in [5, 5.41) is 13.1. The van der Waals surface area contributed by atoms with Crippen LogP contribution < -0.4 is 10.6 Å². The molecule has 1 heterocycles. The van der Waals surface area contributed by atoms with E-state index in [-0.39, 0.29) is 28.8 Å². The van der Waals surface area contributed by atoms with Gasteiger partial charge >= 0.3 is 6.18 Å². The first-order valence-electron chi connectivity index (χ1n) is 9.17. The molecule has 3 rings (SSSR count). The number of benzene rings is 2. The standard InChI is InChI=1S/C20H16ClF3N4O2S2/c21-14-8-7-13(20(22,23)24)10-15(14)25-17(30)11-31-19-28-27-18(32-19)26-16(29)9-6-12-4-2-1-3-5-12/h1-5,7-8,10H,6,9,11H2,(H,25,30)(H,26,27,29). The van der Waals surface area contributed by atoms with Crippen molar-refractivity contribution in [2.24, 2.45) is 0 Å². The molecule has 6 nitrogen and oxygen atoms in total. The predicted octanol–water partition coefficient (Wildman–Crippen LogP) is 5.51. The number of aromatic nitrogens is 2. The second kappa shape index (κ2) is 10.8. The third-order valence-corrected chi connectivity index (χ3v) is 6.33. The third-order valence-electron chi connectivity index (χ3n) is 4.03. The fourth-order valence-electron chi connectivity index (χ4n) is 2.51. The Morgan fingerprint density at radius 2 is 1.78 bits per heavy atom. The Balaban J connectivity index is 1.47. The van der Waals surface area contributed by atoms with Gasteiger partial charge in [-0.25, -0.2) is 0 Å². The van der Waals surface area contributed by atoms with Crippen LogP contribution in [0.4, 0.5) is 24.0 Å². The van der Waals surface area contributed by atoms with Crippen LogP contribution >= 0.6 is 34.7 Å². The Morgan fingerprint density at radius 3 is 2.50 bits per heavy atom. The fraction of sp³-hybridized carbons (Fsp3) is 0.200. The van der Waals surface area contributed by atoms with E-state index in [4.69, 9.17) is 11.6 Å². The maximum absolute atomic E-state index is 12.8. The average Bonchev–Trinajstić information content (AvgIpc) is 3.19. The lowest BCUT2D eigenvalue weighted by Gasteiger charge is -2.11. The van der Waals surface area contributed by atoms with Crippen LogP contribution in [0.1, 0.15) is 17.5 Å². The van der Waals surface area contributed by atoms with E-state index in [0.717, 1.165) is 46.9 Å². The summed E-state index contributed by atoms with van der Waals surface area (Å²) >= 11 is 8.01. The number of carbonyl (C=O) groups excluding carboxylic acids is 2. The zero-order valence-corrected chi connectivity index (χ0v) is 18.7. The van der Waals surface area contributed by atoms with Crippen LogP contribution in [0, 0.1) is 0 Å². The molecule has 12 heteroatoms. The van der Waals surface area contributed by atoms with Gasteiger partial charge in [0.1, 0.15) is 0 Å². The van der Waals surface area contributed by atoms with Gasteiger partial charge in [-0.15, -0.1) is 10.2 Å². The van der Waals surface area contributed by atoms with Gasteiger partial charge in [-0.2, -0.15) is 13.2 Å². The molecule has 168 valence electrons. The molecule has 0 aliphatic rings. The van der Waals surface area contributed by atoms with Crippen molar-refractivity contribution in [1.29, 1.82) is 0 Å². The van der Waals surface area contributed by atoms with Crippen LogP contribution in [0.15, 0.2) is 52.9 Å². The van der Waals surface area contributed by atoms with Crippen molar-refractivity contribution < 1.29 is 22.8 Å². The Bertz CT molecular complexity index is 1090. The van der Waals surface area contributed by atoms with Gasteiger partial charge in [0.2, 0.25) is 16.9 Å². The highest BCUT2D eigenvalue weighted by Crippen LogP contribution is 2.34. The highest BCUT2D eigenvalue weighted by Gasteiger charge is 2.31.